The molecule has 2 saturated heterocycles. The summed E-state index contributed by atoms with van der Waals surface area (Å²) in [6.07, 6.45) is 2.01. The van der Waals surface area contributed by atoms with Gasteiger partial charge in [-0.3, -0.25) is 19.7 Å². The van der Waals surface area contributed by atoms with E-state index in [0.717, 1.165) is 5.56 Å². The molecule has 3 amide bonds. The number of likely N-dealkylation sites (tertiary alicyclic amines) is 1. The highest BCUT2D eigenvalue weighted by atomic mass is 19.1. The molecule has 3 rings (SSSR count). The van der Waals surface area contributed by atoms with Crippen LogP contribution in [0.25, 0.3) is 0 Å². The number of nitrogens with one attached hydrogen (secondary N) is 1. The average molecular weight is 404 g/mol. The van der Waals surface area contributed by atoms with Crippen molar-refractivity contribution in [2.45, 2.75) is 64.4 Å². The Bertz CT molecular complexity index is 778. The molecule has 7 heteroatoms. The first kappa shape index (κ1) is 21.3. The Hall–Kier alpha value is -2.44. The van der Waals surface area contributed by atoms with Crippen molar-refractivity contribution in [2.75, 3.05) is 13.1 Å². The summed E-state index contributed by atoms with van der Waals surface area (Å²) in [6.45, 7) is 7.20. The maximum Gasteiger partial charge on any atom is 0.226 e. The minimum absolute atomic E-state index is 0.0203. The zero-order valence-corrected chi connectivity index (χ0v) is 17.3. The van der Waals surface area contributed by atoms with E-state index < -0.39 is 0 Å². The molecule has 2 aliphatic rings. The summed E-state index contributed by atoms with van der Waals surface area (Å²) in [5.41, 5.74) is 0.592. The van der Waals surface area contributed by atoms with E-state index in [4.69, 9.17) is 4.74 Å². The highest BCUT2D eigenvalue weighted by molar-refractivity contribution is 5.98. The highest BCUT2D eigenvalue weighted by Crippen LogP contribution is 2.33. The Labute approximate surface area is 170 Å². The van der Waals surface area contributed by atoms with E-state index >= 15 is 0 Å². The number of piperidine rings is 2. The first-order chi connectivity index (χ1) is 13.6. The van der Waals surface area contributed by atoms with Crippen LogP contribution in [-0.4, -0.2) is 41.8 Å². The quantitative estimate of drug-likeness (QED) is 0.783. The second-order valence-electron chi connectivity index (χ2n) is 9.04. The van der Waals surface area contributed by atoms with Crippen molar-refractivity contribution in [3.8, 4) is 5.75 Å². The molecule has 1 aromatic rings. The van der Waals surface area contributed by atoms with Gasteiger partial charge in [-0.2, -0.15) is 0 Å². The lowest BCUT2D eigenvalue weighted by atomic mass is 9.86. The summed E-state index contributed by atoms with van der Waals surface area (Å²) in [5, 5.41) is 2.27. The molecule has 0 aliphatic carbocycles. The average Bonchev–Trinajstić information content (AvgIpc) is 2.62. The van der Waals surface area contributed by atoms with E-state index in [1.165, 1.54) is 12.1 Å². The van der Waals surface area contributed by atoms with Crippen LogP contribution in [0, 0.1) is 11.7 Å². The van der Waals surface area contributed by atoms with Crippen molar-refractivity contribution in [1.29, 1.82) is 0 Å². The van der Waals surface area contributed by atoms with Gasteiger partial charge < -0.3 is 9.64 Å². The van der Waals surface area contributed by atoms with Crippen molar-refractivity contribution in [3.05, 3.63) is 29.6 Å². The predicted octanol–water partition coefficient (Wildman–Crippen LogP) is 2.94. The lowest BCUT2D eigenvalue weighted by molar-refractivity contribution is -0.137. The van der Waals surface area contributed by atoms with Crippen molar-refractivity contribution < 1.29 is 23.5 Å². The monoisotopic (exact) mass is 404 g/mol. The summed E-state index contributed by atoms with van der Waals surface area (Å²) in [6, 6.07) is 4.61. The fraction of sp³-hybridized carbons (Fsp3) is 0.591. The second kappa shape index (κ2) is 8.51. The molecule has 1 N–H and O–H groups in total. The van der Waals surface area contributed by atoms with Gasteiger partial charge in [-0.1, -0.05) is 20.8 Å². The van der Waals surface area contributed by atoms with E-state index in [0.29, 0.717) is 31.7 Å². The number of imide groups is 1. The third kappa shape index (κ3) is 5.55. The van der Waals surface area contributed by atoms with Gasteiger partial charge in [0.1, 0.15) is 17.7 Å². The second-order valence-corrected chi connectivity index (χ2v) is 9.04. The molecule has 0 bridgehead atoms. The standard InChI is InChI=1S/C22H29FN2O4/c1-22(2,3)17-13-15(23)4-5-18(17)29-16-6-8-25(9-7-16)21(28)12-14-10-19(26)24-20(27)11-14/h4-5,13-14,16H,6-12H2,1-3H3,(H,24,26,27). The molecular formula is C22H29FN2O4. The maximum absolute atomic E-state index is 13.7. The Morgan fingerprint density at radius 1 is 1.17 bits per heavy atom. The zero-order chi connectivity index (χ0) is 21.2. The van der Waals surface area contributed by atoms with Crippen LogP contribution in [0.4, 0.5) is 4.39 Å². The number of carbonyl (C=O) groups excluding carboxylic acids is 3. The van der Waals surface area contributed by atoms with Crippen molar-refractivity contribution in [1.82, 2.24) is 10.2 Å². The van der Waals surface area contributed by atoms with E-state index in [2.05, 4.69) is 5.32 Å². The van der Waals surface area contributed by atoms with Crippen LogP contribution in [0.1, 0.15) is 58.4 Å². The number of nitrogens with zero attached hydrogens (tertiary/aromatic N) is 1. The molecule has 29 heavy (non-hydrogen) atoms. The van der Waals surface area contributed by atoms with Gasteiger partial charge in [0.05, 0.1) is 0 Å². The SMILES string of the molecule is CC(C)(C)c1cc(F)ccc1OC1CCN(C(=O)CC2CC(=O)NC(=O)C2)CC1. The Morgan fingerprint density at radius 3 is 2.38 bits per heavy atom. The molecule has 0 spiro atoms. The summed E-state index contributed by atoms with van der Waals surface area (Å²) in [7, 11) is 0. The van der Waals surface area contributed by atoms with Crippen LogP contribution in [0.5, 0.6) is 5.75 Å². The molecule has 0 aromatic heterocycles. The van der Waals surface area contributed by atoms with Crippen LogP contribution >= 0.6 is 0 Å². The van der Waals surface area contributed by atoms with Gasteiger partial charge in [-0.25, -0.2) is 4.39 Å². The fourth-order valence-corrected chi connectivity index (χ4v) is 3.97. The molecular weight excluding hydrogens is 375 g/mol. The van der Waals surface area contributed by atoms with E-state index in [-0.39, 0.29) is 60.2 Å². The number of halogens is 1. The van der Waals surface area contributed by atoms with Gasteiger partial charge >= 0.3 is 0 Å². The molecule has 0 atom stereocenters. The molecule has 0 unspecified atom stereocenters. The first-order valence-corrected chi connectivity index (χ1v) is 10.2. The van der Waals surface area contributed by atoms with E-state index in [1.54, 1.807) is 11.0 Å². The number of amides is 3. The summed E-state index contributed by atoms with van der Waals surface area (Å²) in [4.78, 5) is 37.3. The first-order valence-electron chi connectivity index (χ1n) is 10.2. The number of hydrogen-bond donors (Lipinski definition) is 1. The number of benzene rings is 1. The smallest absolute Gasteiger partial charge is 0.226 e. The highest BCUT2D eigenvalue weighted by Gasteiger charge is 2.31. The van der Waals surface area contributed by atoms with E-state index in [1.807, 2.05) is 20.8 Å². The molecule has 6 nitrogen and oxygen atoms in total. The van der Waals surface area contributed by atoms with Crippen LogP contribution in [-0.2, 0) is 19.8 Å². The minimum Gasteiger partial charge on any atom is -0.490 e. The molecule has 0 radical (unpaired) electrons. The molecule has 0 saturated carbocycles. The van der Waals surface area contributed by atoms with E-state index in [9.17, 15) is 18.8 Å². The molecule has 158 valence electrons. The number of carbonyl (C=O) groups is 3. The van der Waals surface area contributed by atoms with Gasteiger partial charge in [-0.15, -0.1) is 0 Å². The molecule has 2 heterocycles. The van der Waals surface area contributed by atoms with Crippen LogP contribution in [0.15, 0.2) is 18.2 Å². The Kier molecular flexibility index (Phi) is 6.24. The lowest BCUT2D eigenvalue weighted by Crippen LogP contribution is -2.44. The van der Waals surface area contributed by atoms with Gasteiger partial charge in [0.2, 0.25) is 17.7 Å². The Morgan fingerprint density at radius 2 is 1.79 bits per heavy atom. The number of rotatable bonds is 4. The number of ether oxygens (including phenoxy) is 1. The normalized spacial score (nSPS) is 19.2. The fourth-order valence-electron chi connectivity index (χ4n) is 3.97. The largest absolute Gasteiger partial charge is 0.490 e. The Balaban J connectivity index is 1.54. The van der Waals surface area contributed by atoms with Crippen molar-refractivity contribution >= 4 is 17.7 Å². The van der Waals surface area contributed by atoms with Crippen molar-refractivity contribution in [3.63, 3.8) is 0 Å². The zero-order valence-electron chi connectivity index (χ0n) is 17.3. The van der Waals surface area contributed by atoms with Gasteiger partial charge in [0, 0.05) is 50.8 Å². The van der Waals surface area contributed by atoms with Crippen LogP contribution in [0.2, 0.25) is 0 Å². The minimum atomic E-state index is -0.305. The van der Waals surface area contributed by atoms with Crippen LogP contribution in [0.3, 0.4) is 0 Å². The molecule has 2 aliphatic heterocycles. The summed E-state index contributed by atoms with van der Waals surface area (Å²) in [5.74, 6) is -0.437. The maximum atomic E-state index is 13.7. The third-order valence-corrected chi connectivity index (χ3v) is 5.53. The number of hydrogen-bond acceptors (Lipinski definition) is 4. The van der Waals surface area contributed by atoms with Gasteiger partial charge in [0.25, 0.3) is 0 Å². The van der Waals surface area contributed by atoms with Crippen molar-refractivity contribution in [2.24, 2.45) is 5.92 Å². The molecule has 1 aromatic carbocycles. The third-order valence-electron chi connectivity index (χ3n) is 5.53. The van der Waals surface area contributed by atoms with Gasteiger partial charge in [0.15, 0.2) is 0 Å². The molecule has 2 fully saturated rings. The topological polar surface area (TPSA) is 75.7 Å². The van der Waals surface area contributed by atoms with Gasteiger partial charge in [-0.05, 0) is 29.5 Å². The van der Waals surface area contributed by atoms with Crippen LogP contribution < -0.4 is 10.1 Å². The lowest BCUT2D eigenvalue weighted by Gasteiger charge is -2.34. The predicted molar refractivity (Wildman–Crippen MR) is 106 cm³/mol. The summed E-state index contributed by atoms with van der Waals surface area (Å²) < 4.78 is 19.9. The summed E-state index contributed by atoms with van der Waals surface area (Å²) >= 11 is 0.